The van der Waals surface area contributed by atoms with Gasteiger partial charge in [-0.3, -0.25) is 4.79 Å². The number of carbonyl (C=O) groups is 1. The van der Waals surface area contributed by atoms with Crippen LogP contribution in [0.25, 0.3) is 0 Å². The van der Waals surface area contributed by atoms with Gasteiger partial charge in [0.25, 0.3) is 0 Å². The number of carboxylic acids is 1. The summed E-state index contributed by atoms with van der Waals surface area (Å²) in [7, 11) is 0. The third kappa shape index (κ3) is 5.37. The van der Waals surface area contributed by atoms with Gasteiger partial charge in [0, 0.05) is 5.92 Å². The van der Waals surface area contributed by atoms with E-state index in [0.29, 0.717) is 0 Å². The number of carboxylic acid groups (broad SMARTS) is 1. The first-order valence-corrected chi connectivity index (χ1v) is 5.34. The number of hydrogen-bond donors (Lipinski definition) is 2. The zero-order chi connectivity index (χ0) is 11.7. The lowest BCUT2D eigenvalue weighted by Gasteiger charge is -2.15. The lowest BCUT2D eigenvalue weighted by Crippen LogP contribution is -2.23. The summed E-state index contributed by atoms with van der Waals surface area (Å²) in [5.41, 5.74) is 0. The number of allylic oxidation sites excluding steroid dienone is 2. The molecular weight excluding hydrogens is 192 g/mol. The van der Waals surface area contributed by atoms with E-state index in [2.05, 4.69) is 0 Å². The maximum Gasteiger partial charge on any atom is 0.311 e. The highest BCUT2D eigenvalue weighted by molar-refractivity contribution is 5.72. The topological polar surface area (TPSA) is 57.5 Å². The Labute approximate surface area is 91.1 Å². The predicted octanol–water partition coefficient (Wildman–Crippen LogP) is 2.23. The fourth-order valence-electron chi connectivity index (χ4n) is 1.30. The summed E-state index contributed by atoms with van der Waals surface area (Å²) in [6, 6.07) is 0. The largest absolute Gasteiger partial charge is 0.481 e. The molecule has 2 N–H and O–H groups in total. The molecule has 0 aliphatic carbocycles. The Balaban J connectivity index is 4.62. The van der Waals surface area contributed by atoms with Crippen LogP contribution in [0, 0.1) is 11.8 Å². The van der Waals surface area contributed by atoms with Gasteiger partial charge in [0.2, 0.25) is 0 Å². The fraction of sp³-hybridized carbons (Fsp3) is 0.583. The molecule has 0 aromatic carbocycles. The van der Waals surface area contributed by atoms with Crippen LogP contribution in [0.1, 0.15) is 26.7 Å². The average Bonchev–Trinajstić information content (AvgIpc) is 2.22. The molecule has 0 spiro atoms. The van der Waals surface area contributed by atoms with Gasteiger partial charge >= 0.3 is 5.97 Å². The third-order valence-corrected chi connectivity index (χ3v) is 2.16. The lowest BCUT2D eigenvalue weighted by atomic mass is 9.91. The van der Waals surface area contributed by atoms with Crippen molar-refractivity contribution >= 4 is 5.97 Å². The van der Waals surface area contributed by atoms with Crippen molar-refractivity contribution in [3.8, 4) is 0 Å². The van der Waals surface area contributed by atoms with E-state index in [0.717, 1.165) is 12.8 Å². The molecule has 0 heterocycles. The van der Waals surface area contributed by atoms with E-state index < -0.39 is 11.9 Å². The molecule has 0 aliphatic heterocycles. The minimum absolute atomic E-state index is 0.137. The normalized spacial score (nSPS) is 15.9. The zero-order valence-electron chi connectivity index (χ0n) is 9.39. The second-order valence-electron chi connectivity index (χ2n) is 3.38. The van der Waals surface area contributed by atoms with E-state index in [-0.39, 0.29) is 12.5 Å². The van der Waals surface area contributed by atoms with E-state index >= 15 is 0 Å². The molecule has 0 fully saturated rings. The Morgan fingerprint density at radius 2 is 1.73 bits per heavy atom. The maximum absolute atomic E-state index is 11.0. The van der Waals surface area contributed by atoms with Crippen molar-refractivity contribution in [2.24, 2.45) is 11.8 Å². The van der Waals surface area contributed by atoms with E-state index in [9.17, 15) is 4.79 Å². The van der Waals surface area contributed by atoms with Gasteiger partial charge in [-0.2, -0.15) is 0 Å². The van der Waals surface area contributed by atoms with Crippen LogP contribution in [0.3, 0.4) is 0 Å². The molecule has 15 heavy (non-hydrogen) atoms. The summed E-state index contributed by atoms with van der Waals surface area (Å²) in [4.78, 5) is 11.0. The summed E-state index contributed by atoms with van der Waals surface area (Å²) >= 11 is 0. The summed E-state index contributed by atoms with van der Waals surface area (Å²) in [6.07, 6.45) is 8.79. The van der Waals surface area contributed by atoms with Gasteiger partial charge in [0.1, 0.15) is 0 Å². The number of rotatable bonds is 7. The number of aliphatic carboxylic acids is 1. The quantitative estimate of drug-likeness (QED) is 0.636. The Morgan fingerprint density at radius 1 is 1.20 bits per heavy atom. The second kappa shape index (κ2) is 8.24. The first-order chi connectivity index (χ1) is 7.17. The van der Waals surface area contributed by atoms with Crippen LogP contribution in [0.15, 0.2) is 24.3 Å². The fourth-order valence-corrected chi connectivity index (χ4v) is 1.30. The molecule has 0 aliphatic rings. The molecule has 2 atom stereocenters. The molecule has 0 bridgehead atoms. The second-order valence-corrected chi connectivity index (χ2v) is 3.38. The Kier molecular flexibility index (Phi) is 7.64. The molecule has 0 rings (SSSR count). The van der Waals surface area contributed by atoms with Gasteiger partial charge in [-0.05, 0) is 12.8 Å². The first-order valence-electron chi connectivity index (χ1n) is 5.34. The molecule has 0 aromatic heterocycles. The zero-order valence-corrected chi connectivity index (χ0v) is 9.39. The monoisotopic (exact) mass is 212 g/mol. The van der Waals surface area contributed by atoms with Gasteiger partial charge in [-0.1, -0.05) is 38.2 Å². The highest BCUT2D eigenvalue weighted by Gasteiger charge is 2.22. The third-order valence-electron chi connectivity index (χ3n) is 2.16. The van der Waals surface area contributed by atoms with Crippen LogP contribution in [0.2, 0.25) is 0 Å². The summed E-state index contributed by atoms with van der Waals surface area (Å²) in [5.74, 6) is -1.84. The Morgan fingerprint density at radius 3 is 2.13 bits per heavy atom. The van der Waals surface area contributed by atoms with Crippen LogP contribution in [0.5, 0.6) is 0 Å². The van der Waals surface area contributed by atoms with Crippen LogP contribution < -0.4 is 0 Å². The predicted molar refractivity (Wildman–Crippen MR) is 60.6 cm³/mol. The SMILES string of the molecule is CC/C=C/[C@H](CO)[C@@H](/C=C/CC)C(=O)O. The molecule has 3 nitrogen and oxygen atoms in total. The van der Waals surface area contributed by atoms with Gasteiger partial charge < -0.3 is 10.2 Å². The van der Waals surface area contributed by atoms with E-state index in [4.69, 9.17) is 10.2 Å². The Hall–Kier alpha value is -1.09. The van der Waals surface area contributed by atoms with Crippen LogP contribution >= 0.6 is 0 Å². The van der Waals surface area contributed by atoms with E-state index in [1.54, 1.807) is 12.2 Å². The highest BCUT2D eigenvalue weighted by atomic mass is 16.4. The van der Waals surface area contributed by atoms with E-state index in [1.807, 2.05) is 26.0 Å². The van der Waals surface area contributed by atoms with Crippen LogP contribution in [-0.4, -0.2) is 22.8 Å². The van der Waals surface area contributed by atoms with Gasteiger partial charge in [-0.15, -0.1) is 0 Å². The smallest absolute Gasteiger partial charge is 0.311 e. The van der Waals surface area contributed by atoms with Crippen molar-refractivity contribution in [2.75, 3.05) is 6.61 Å². The standard InChI is InChI=1S/C12H20O3/c1-3-5-7-10(9-13)11(12(14)15)8-6-4-2/h5-8,10-11,13H,3-4,9H2,1-2H3,(H,14,15)/b7-5+,8-6+/t10-,11-/m1/s1. The Bertz CT molecular complexity index is 231. The van der Waals surface area contributed by atoms with Crippen LogP contribution in [-0.2, 0) is 4.79 Å². The maximum atomic E-state index is 11.0. The van der Waals surface area contributed by atoms with E-state index in [1.165, 1.54) is 0 Å². The first kappa shape index (κ1) is 13.9. The molecule has 0 radical (unpaired) electrons. The number of aliphatic hydroxyl groups excluding tert-OH is 1. The minimum Gasteiger partial charge on any atom is -0.481 e. The summed E-state index contributed by atoms with van der Waals surface area (Å²) < 4.78 is 0. The summed E-state index contributed by atoms with van der Waals surface area (Å²) in [6.45, 7) is 3.79. The van der Waals surface area contributed by atoms with Crippen LogP contribution in [0.4, 0.5) is 0 Å². The van der Waals surface area contributed by atoms with Crippen molar-refractivity contribution in [1.82, 2.24) is 0 Å². The molecule has 0 aromatic rings. The highest BCUT2D eigenvalue weighted by Crippen LogP contribution is 2.16. The van der Waals surface area contributed by atoms with Crippen molar-refractivity contribution in [2.45, 2.75) is 26.7 Å². The van der Waals surface area contributed by atoms with Crippen molar-refractivity contribution in [1.29, 1.82) is 0 Å². The van der Waals surface area contributed by atoms with Gasteiger partial charge in [0.05, 0.1) is 12.5 Å². The van der Waals surface area contributed by atoms with Crippen molar-refractivity contribution in [3.63, 3.8) is 0 Å². The van der Waals surface area contributed by atoms with Crippen molar-refractivity contribution < 1.29 is 15.0 Å². The molecule has 86 valence electrons. The molecule has 0 saturated carbocycles. The van der Waals surface area contributed by atoms with Gasteiger partial charge in [0.15, 0.2) is 0 Å². The molecule has 3 heteroatoms. The molecular formula is C12H20O3. The minimum atomic E-state index is -0.889. The van der Waals surface area contributed by atoms with Gasteiger partial charge in [-0.25, -0.2) is 0 Å². The number of aliphatic hydroxyl groups is 1. The molecule has 0 unspecified atom stereocenters. The molecule has 0 saturated heterocycles. The number of hydrogen-bond acceptors (Lipinski definition) is 2. The lowest BCUT2D eigenvalue weighted by molar-refractivity contribution is -0.141. The molecule has 0 amide bonds. The van der Waals surface area contributed by atoms with Crippen molar-refractivity contribution in [3.05, 3.63) is 24.3 Å². The summed E-state index contributed by atoms with van der Waals surface area (Å²) in [5, 5.41) is 18.1. The average molecular weight is 212 g/mol.